The van der Waals surface area contributed by atoms with Crippen molar-refractivity contribution in [2.24, 2.45) is 0 Å². The van der Waals surface area contributed by atoms with Gasteiger partial charge in [-0.1, -0.05) is 121 Å². The minimum atomic E-state index is -3.06. The van der Waals surface area contributed by atoms with Gasteiger partial charge in [0.1, 0.15) is 0 Å². The zero-order valence-electron chi connectivity index (χ0n) is 27.0. The van der Waals surface area contributed by atoms with Crippen molar-refractivity contribution in [3.63, 3.8) is 0 Å². The predicted octanol–water partition coefficient (Wildman–Crippen LogP) is 6.43. The van der Waals surface area contributed by atoms with E-state index in [1.165, 1.54) is 0 Å². The van der Waals surface area contributed by atoms with E-state index >= 15 is 0 Å². The topological polar surface area (TPSA) is 80.3 Å². The third kappa shape index (κ3) is 6.01. The first-order chi connectivity index (χ1) is 23.9. The Kier molecular flexibility index (Phi) is 9.05. The maximum atomic E-state index is 14.3. The largest absolute Gasteiger partial charge is 0.493 e. The van der Waals surface area contributed by atoms with Crippen molar-refractivity contribution >= 4 is 46.1 Å². The van der Waals surface area contributed by atoms with Crippen molar-refractivity contribution in [3.8, 4) is 28.7 Å². The van der Waals surface area contributed by atoms with Crippen LogP contribution in [0.5, 0.6) is 28.7 Å². The van der Waals surface area contributed by atoms with Crippen molar-refractivity contribution in [1.29, 1.82) is 0 Å². The van der Waals surface area contributed by atoms with Gasteiger partial charge in [-0.15, -0.1) is 0 Å². The third-order valence-electron chi connectivity index (χ3n) is 8.49. The summed E-state index contributed by atoms with van der Waals surface area (Å²) in [6, 6.07) is 45.6. The molecule has 0 fully saturated rings. The Hall–Kier alpha value is -5.22. The lowest BCUT2D eigenvalue weighted by molar-refractivity contribution is 0.171. The molecule has 8 rings (SSSR count). The molecule has 2 aliphatic heterocycles. The molecule has 0 atom stereocenters. The number of methoxy groups -OCH3 is 1. The number of hydrogen-bond acceptors (Lipinski definition) is 7. The number of aryl methyl sites for hydroxylation is 1. The molecule has 0 bridgehead atoms. The Morgan fingerprint density at radius 3 is 1.24 bits per heavy atom. The molecule has 0 unspecified atom stereocenters. The van der Waals surface area contributed by atoms with Gasteiger partial charge in [0.25, 0.3) is 0 Å². The minimum absolute atomic E-state index is 0.135. The van der Waals surface area contributed by atoms with Crippen LogP contribution in [-0.4, -0.2) is 20.7 Å². The Morgan fingerprint density at radius 2 is 0.837 bits per heavy atom. The van der Waals surface area contributed by atoms with Crippen LogP contribution >= 0.6 is 14.3 Å². The molecule has 0 amide bonds. The smallest absolute Gasteiger partial charge is 0.231 e. The summed E-state index contributed by atoms with van der Waals surface area (Å²) >= 11 is 0. The van der Waals surface area contributed by atoms with Gasteiger partial charge >= 0.3 is 0 Å². The maximum Gasteiger partial charge on any atom is 0.231 e. The average Bonchev–Trinajstić information content (AvgIpc) is 3.86. The lowest BCUT2D eigenvalue weighted by Gasteiger charge is -2.21. The summed E-state index contributed by atoms with van der Waals surface area (Å²) in [6.07, 6.45) is 0. The van der Waals surface area contributed by atoms with Crippen molar-refractivity contribution in [1.82, 2.24) is 0 Å². The summed E-state index contributed by atoms with van der Waals surface area (Å²) in [4.78, 5) is 0. The highest BCUT2D eigenvalue weighted by Gasteiger charge is 2.34. The molecule has 0 radical (unpaired) electrons. The van der Waals surface area contributed by atoms with Gasteiger partial charge in [-0.25, -0.2) is 0 Å². The maximum absolute atomic E-state index is 14.3. The van der Waals surface area contributed by atoms with E-state index < -0.39 is 14.3 Å². The number of rotatable bonds is 7. The molecule has 0 saturated carbocycles. The van der Waals surface area contributed by atoms with E-state index in [1.807, 2.05) is 140 Å². The molecular weight excluding hydrogens is 654 g/mol. The molecule has 0 spiro atoms. The van der Waals surface area contributed by atoms with Crippen LogP contribution in [0.15, 0.2) is 146 Å². The standard InChI is InChI=1S/C20H17O4P.C20H17O3P/c1-22-18-12-17(13-19-20(18)24-14-23-19)25(21,15-8-4-2-5-9-15)16-10-6-3-7-11-16;1-15-12-18(13-19-20(15)23-14-22-19)24(21,16-8-4-2-5-9-16)17-10-6-3-7-11-17/h2-13H,14H2,1H3;2-13H,14H2,1H3. The molecule has 0 aromatic heterocycles. The fourth-order valence-corrected chi connectivity index (χ4v) is 11.5. The van der Waals surface area contributed by atoms with E-state index in [2.05, 4.69) is 0 Å². The van der Waals surface area contributed by atoms with Gasteiger partial charge in [-0.2, -0.15) is 0 Å². The summed E-state index contributed by atoms with van der Waals surface area (Å²) < 4.78 is 56.1. The van der Waals surface area contributed by atoms with Crippen LogP contribution in [0.3, 0.4) is 0 Å². The summed E-state index contributed by atoms with van der Waals surface area (Å²) in [5, 5.41) is 4.58. The lowest BCUT2D eigenvalue weighted by atomic mass is 10.2. The summed E-state index contributed by atoms with van der Waals surface area (Å²) in [5.41, 5.74) is 0.937. The second-order valence-electron chi connectivity index (χ2n) is 11.4. The van der Waals surface area contributed by atoms with E-state index in [9.17, 15) is 9.13 Å². The fourth-order valence-electron chi connectivity index (χ4n) is 6.09. The molecule has 2 heterocycles. The Balaban J connectivity index is 0.000000154. The predicted molar refractivity (Wildman–Crippen MR) is 195 cm³/mol. The normalized spacial score (nSPS) is 12.9. The van der Waals surface area contributed by atoms with Crippen molar-refractivity contribution in [2.75, 3.05) is 20.7 Å². The van der Waals surface area contributed by atoms with Crippen molar-refractivity contribution < 1.29 is 32.8 Å². The summed E-state index contributed by atoms with van der Waals surface area (Å²) in [7, 11) is -4.47. The molecule has 0 saturated heterocycles. The second-order valence-corrected chi connectivity index (χ2v) is 17.0. The van der Waals surface area contributed by atoms with Crippen LogP contribution in [0.1, 0.15) is 5.56 Å². The van der Waals surface area contributed by atoms with Crippen LogP contribution in [-0.2, 0) is 9.13 Å². The highest BCUT2D eigenvalue weighted by molar-refractivity contribution is 7.85. The number of fused-ring (bicyclic) bond motifs is 2. The molecular formula is C40H34O7P2. The van der Waals surface area contributed by atoms with Crippen LogP contribution in [0.2, 0.25) is 0 Å². The van der Waals surface area contributed by atoms with E-state index in [0.29, 0.717) is 28.3 Å². The number of benzene rings is 6. The molecule has 2 aliphatic rings. The fraction of sp³-hybridized carbons (Fsp3) is 0.100. The van der Waals surface area contributed by atoms with E-state index in [4.69, 9.17) is 23.7 Å². The monoisotopic (exact) mass is 688 g/mol. The van der Waals surface area contributed by atoms with Crippen molar-refractivity contribution in [2.45, 2.75) is 6.92 Å². The van der Waals surface area contributed by atoms with Gasteiger partial charge in [0.2, 0.25) is 19.3 Å². The summed E-state index contributed by atoms with van der Waals surface area (Å²) in [5.74, 6) is 3.04. The van der Waals surface area contributed by atoms with Gasteiger partial charge in [0.15, 0.2) is 37.3 Å². The van der Waals surface area contributed by atoms with E-state index in [-0.39, 0.29) is 13.6 Å². The molecule has 0 N–H and O–H groups in total. The lowest BCUT2D eigenvalue weighted by Crippen LogP contribution is -2.25. The van der Waals surface area contributed by atoms with Gasteiger partial charge in [-0.3, -0.25) is 0 Å². The van der Waals surface area contributed by atoms with E-state index in [0.717, 1.165) is 37.8 Å². The quantitative estimate of drug-likeness (QED) is 0.179. The number of hydrogen-bond donors (Lipinski definition) is 0. The second kappa shape index (κ2) is 13.7. The highest BCUT2D eigenvalue weighted by atomic mass is 31.2. The summed E-state index contributed by atoms with van der Waals surface area (Å²) in [6.45, 7) is 2.30. The van der Waals surface area contributed by atoms with Gasteiger partial charge in [0, 0.05) is 31.8 Å². The van der Waals surface area contributed by atoms with Crippen LogP contribution in [0.4, 0.5) is 0 Å². The van der Waals surface area contributed by atoms with E-state index in [1.54, 1.807) is 19.2 Å². The van der Waals surface area contributed by atoms with Gasteiger partial charge < -0.3 is 32.8 Å². The Bertz CT molecular complexity index is 2090. The molecule has 0 aliphatic carbocycles. The molecule has 6 aromatic rings. The van der Waals surface area contributed by atoms with Gasteiger partial charge in [0.05, 0.1) is 7.11 Å². The first-order valence-electron chi connectivity index (χ1n) is 15.7. The minimum Gasteiger partial charge on any atom is -0.493 e. The highest BCUT2D eigenvalue weighted by Crippen LogP contribution is 2.49. The zero-order valence-corrected chi connectivity index (χ0v) is 28.8. The van der Waals surface area contributed by atoms with Crippen LogP contribution in [0, 0.1) is 6.92 Å². The first kappa shape index (κ1) is 32.3. The Labute approximate surface area is 285 Å². The zero-order chi connectivity index (χ0) is 33.8. The first-order valence-corrected chi connectivity index (χ1v) is 19.2. The molecule has 246 valence electrons. The van der Waals surface area contributed by atoms with Gasteiger partial charge in [-0.05, 0) is 36.8 Å². The SMILES string of the molecule is COc1cc(P(=O)(c2ccccc2)c2ccccc2)cc2c1OCO2.Cc1cc(P(=O)(c2ccccc2)c2ccccc2)cc2c1OCO2. The van der Waals surface area contributed by atoms with Crippen LogP contribution < -0.4 is 55.5 Å². The number of ether oxygens (including phenoxy) is 5. The molecule has 6 aromatic carbocycles. The third-order valence-corrected chi connectivity index (χ3v) is 14.6. The molecule has 7 nitrogen and oxygen atoms in total. The average molecular weight is 689 g/mol. The van der Waals surface area contributed by atoms with Crippen LogP contribution in [0.25, 0.3) is 0 Å². The Morgan fingerprint density at radius 1 is 0.469 bits per heavy atom. The van der Waals surface area contributed by atoms with Crippen molar-refractivity contribution in [3.05, 3.63) is 151 Å². The molecule has 9 heteroatoms. The molecule has 49 heavy (non-hydrogen) atoms.